The maximum Gasteiger partial charge on any atom is 0.150 e. The van der Waals surface area contributed by atoms with Gasteiger partial charge in [-0.1, -0.05) is 30.3 Å². The number of ether oxygens (including phenoxy) is 1. The molecule has 0 radical (unpaired) electrons. The number of Topliss-reactive ketones (excluding diaryl/α,β-unsaturated/α-hetero) is 1. The van der Waals surface area contributed by atoms with Crippen LogP contribution in [-0.4, -0.2) is 12.1 Å². The van der Waals surface area contributed by atoms with E-state index in [1.54, 1.807) is 18.2 Å². The first kappa shape index (κ1) is 14.0. The molecule has 0 unspecified atom stereocenters. The lowest BCUT2D eigenvalue weighted by molar-refractivity contribution is -0.116. The van der Waals surface area contributed by atoms with Gasteiger partial charge in [0.15, 0.2) is 0 Å². The molecular weight excluding hydrogens is 252 g/mol. The molecule has 0 aliphatic carbocycles. The SMILES string of the molecule is CC(=O)Cc1cc(OCc2ccccc2)ccc1C=O. The van der Waals surface area contributed by atoms with Crippen LogP contribution in [0.2, 0.25) is 0 Å². The molecule has 2 aromatic rings. The van der Waals surface area contributed by atoms with Crippen LogP contribution >= 0.6 is 0 Å². The Kier molecular flexibility index (Phi) is 4.66. The van der Waals surface area contributed by atoms with E-state index in [1.165, 1.54) is 6.92 Å². The molecule has 0 fully saturated rings. The van der Waals surface area contributed by atoms with E-state index in [0.717, 1.165) is 11.8 Å². The van der Waals surface area contributed by atoms with Gasteiger partial charge < -0.3 is 4.74 Å². The van der Waals surface area contributed by atoms with E-state index >= 15 is 0 Å². The zero-order valence-corrected chi connectivity index (χ0v) is 11.3. The van der Waals surface area contributed by atoms with Crippen LogP contribution in [-0.2, 0) is 17.8 Å². The number of aldehydes is 1. The molecule has 0 saturated carbocycles. The molecule has 102 valence electrons. The first-order valence-corrected chi connectivity index (χ1v) is 6.43. The topological polar surface area (TPSA) is 43.4 Å². The Morgan fingerprint density at radius 3 is 2.55 bits per heavy atom. The summed E-state index contributed by atoms with van der Waals surface area (Å²) in [6.45, 7) is 1.97. The van der Waals surface area contributed by atoms with E-state index in [0.29, 0.717) is 23.5 Å². The molecule has 0 saturated heterocycles. The molecular formula is C17H16O3. The fourth-order valence-electron chi connectivity index (χ4n) is 1.95. The maximum absolute atomic E-state index is 11.2. The van der Waals surface area contributed by atoms with Gasteiger partial charge in [-0.05, 0) is 36.2 Å². The second kappa shape index (κ2) is 6.66. The molecule has 0 aliphatic rings. The third-order valence-corrected chi connectivity index (χ3v) is 2.93. The highest BCUT2D eigenvalue weighted by atomic mass is 16.5. The Balaban J connectivity index is 2.12. The predicted molar refractivity (Wildman–Crippen MR) is 77.0 cm³/mol. The highest BCUT2D eigenvalue weighted by Crippen LogP contribution is 2.19. The molecule has 20 heavy (non-hydrogen) atoms. The summed E-state index contributed by atoms with van der Waals surface area (Å²) >= 11 is 0. The number of carbonyl (C=O) groups is 2. The largest absolute Gasteiger partial charge is 0.489 e. The lowest BCUT2D eigenvalue weighted by atomic mass is 10.0. The zero-order valence-electron chi connectivity index (χ0n) is 11.3. The van der Waals surface area contributed by atoms with E-state index in [2.05, 4.69) is 0 Å². The molecule has 0 amide bonds. The van der Waals surface area contributed by atoms with Gasteiger partial charge in [-0.25, -0.2) is 0 Å². The molecule has 0 aromatic heterocycles. The third-order valence-electron chi connectivity index (χ3n) is 2.93. The van der Waals surface area contributed by atoms with Gasteiger partial charge >= 0.3 is 0 Å². The first-order chi connectivity index (χ1) is 9.69. The monoisotopic (exact) mass is 268 g/mol. The van der Waals surface area contributed by atoms with E-state index in [1.807, 2.05) is 30.3 Å². The summed E-state index contributed by atoms with van der Waals surface area (Å²) in [5.74, 6) is 0.684. The average molecular weight is 268 g/mol. The Morgan fingerprint density at radius 1 is 1.15 bits per heavy atom. The summed E-state index contributed by atoms with van der Waals surface area (Å²) in [7, 11) is 0. The maximum atomic E-state index is 11.2. The van der Waals surface area contributed by atoms with Gasteiger partial charge in [-0.2, -0.15) is 0 Å². The summed E-state index contributed by atoms with van der Waals surface area (Å²) in [4.78, 5) is 22.2. The standard InChI is InChI=1S/C17H16O3/c1-13(19)9-16-10-17(8-7-15(16)11-18)20-12-14-5-3-2-4-6-14/h2-8,10-11H,9,12H2,1H3. The van der Waals surface area contributed by atoms with Crippen LogP contribution in [0.15, 0.2) is 48.5 Å². The fourth-order valence-corrected chi connectivity index (χ4v) is 1.95. The molecule has 3 nitrogen and oxygen atoms in total. The first-order valence-electron chi connectivity index (χ1n) is 6.43. The normalized spacial score (nSPS) is 10.1. The fraction of sp³-hybridized carbons (Fsp3) is 0.176. The van der Waals surface area contributed by atoms with Gasteiger partial charge in [0, 0.05) is 12.0 Å². The van der Waals surface area contributed by atoms with E-state index in [9.17, 15) is 9.59 Å². The molecule has 0 atom stereocenters. The summed E-state index contributed by atoms with van der Waals surface area (Å²) in [6, 6.07) is 15.0. The van der Waals surface area contributed by atoms with Crippen LogP contribution in [0.5, 0.6) is 5.75 Å². The quantitative estimate of drug-likeness (QED) is 0.755. The van der Waals surface area contributed by atoms with Crippen molar-refractivity contribution in [3.05, 3.63) is 65.2 Å². The van der Waals surface area contributed by atoms with Gasteiger partial charge in [0.2, 0.25) is 0 Å². The van der Waals surface area contributed by atoms with Gasteiger partial charge in [0.05, 0.1) is 0 Å². The smallest absolute Gasteiger partial charge is 0.150 e. The molecule has 2 rings (SSSR count). The van der Waals surface area contributed by atoms with Gasteiger partial charge in [-0.15, -0.1) is 0 Å². The molecule has 0 aliphatic heterocycles. The summed E-state index contributed by atoms with van der Waals surface area (Å²) in [5, 5.41) is 0. The number of benzene rings is 2. The van der Waals surface area contributed by atoms with Gasteiger partial charge in [0.25, 0.3) is 0 Å². The minimum Gasteiger partial charge on any atom is -0.489 e. The van der Waals surface area contributed by atoms with Gasteiger partial charge in [-0.3, -0.25) is 9.59 Å². The second-order valence-electron chi connectivity index (χ2n) is 4.63. The van der Waals surface area contributed by atoms with Crippen molar-refractivity contribution in [2.75, 3.05) is 0 Å². The van der Waals surface area contributed by atoms with Crippen molar-refractivity contribution < 1.29 is 14.3 Å². The van der Waals surface area contributed by atoms with Crippen molar-refractivity contribution in [3.63, 3.8) is 0 Å². The number of carbonyl (C=O) groups excluding carboxylic acids is 2. The van der Waals surface area contributed by atoms with Crippen molar-refractivity contribution in [2.45, 2.75) is 20.0 Å². The highest BCUT2D eigenvalue weighted by molar-refractivity contribution is 5.84. The minimum atomic E-state index is 0.0216. The Morgan fingerprint density at radius 2 is 1.90 bits per heavy atom. The second-order valence-corrected chi connectivity index (χ2v) is 4.63. The average Bonchev–Trinajstić information content (AvgIpc) is 2.46. The zero-order chi connectivity index (χ0) is 14.4. The van der Waals surface area contributed by atoms with Crippen molar-refractivity contribution >= 4 is 12.1 Å². The van der Waals surface area contributed by atoms with Crippen LogP contribution in [0.25, 0.3) is 0 Å². The van der Waals surface area contributed by atoms with Crippen LogP contribution in [0.3, 0.4) is 0 Å². The van der Waals surface area contributed by atoms with E-state index in [4.69, 9.17) is 4.74 Å². The lowest BCUT2D eigenvalue weighted by Gasteiger charge is -2.09. The summed E-state index contributed by atoms with van der Waals surface area (Å²) in [5.41, 5.74) is 2.31. The summed E-state index contributed by atoms with van der Waals surface area (Å²) in [6.07, 6.45) is 1.01. The van der Waals surface area contributed by atoms with Crippen LogP contribution in [0.4, 0.5) is 0 Å². The third kappa shape index (κ3) is 3.79. The Labute approximate surface area is 118 Å². The number of hydrogen-bond donors (Lipinski definition) is 0. The minimum absolute atomic E-state index is 0.0216. The van der Waals surface area contributed by atoms with Crippen molar-refractivity contribution in [1.82, 2.24) is 0 Å². The molecule has 2 aromatic carbocycles. The van der Waals surface area contributed by atoms with Crippen molar-refractivity contribution in [1.29, 1.82) is 0 Å². The van der Waals surface area contributed by atoms with E-state index in [-0.39, 0.29) is 12.2 Å². The van der Waals surface area contributed by atoms with Crippen LogP contribution < -0.4 is 4.74 Å². The molecule has 0 N–H and O–H groups in total. The number of rotatable bonds is 6. The van der Waals surface area contributed by atoms with Crippen LogP contribution in [0.1, 0.15) is 28.4 Å². The Hall–Kier alpha value is -2.42. The Bertz CT molecular complexity index is 603. The molecule has 0 heterocycles. The van der Waals surface area contributed by atoms with Gasteiger partial charge in [0.1, 0.15) is 24.4 Å². The molecule has 0 bridgehead atoms. The lowest BCUT2D eigenvalue weighted by Crippen LogP contribution is -2.02. The van der Waals surface area contributed by atoms with Crippen LogP contribution in [0, 0.1) is 0 Å². The summed E-state index contributed by atoms with van der Waals surface area (Å²) < 4.78 is 5.69. The molecule has 3 heteroatoms. The molecule has 0 spiro atoms. The number of ketones is 1. The predicted octanol–water partition coefficient (Wildman–Crippen LogP) is 3.21. The van der Waals surface area contributed by atoms with E-state index < -0.39 is 0 Å². The number of hydrogen-bond acceptors (Lipinski definition) is 3. The highest BCUT2D eigenvalue weighted by Gasteiger charge is 2.07. The van der Waals surface area contributed by atoms with Crippen molar-refractivity contribution in [3.8, 4) is 5.75 Å². The van der Waals surface area contributed by atoms with Crippen molar-refractivity contribution in [2.24, 2.45) is 0 Å².